The van der Waals surface area contributed by atoms with Crippen LogP contribution in [0.5, 0.6) is 5.75 Å². The zero-order valence-electron chi connectivity index (χ0n) is 41.8. The lowest BCUT2D eigenvalue weighted by Gasteiger charge is -2.41. The Hall–Kier alpha value is -6.16. The van der Waals surface area contributed by atoms with Gasteiger partial charge in [-0.1, -0.05) is 80.0 Å². The van der Waals surface area contributed by atoms with Gasteiger partial charge >= 0.3 is 12.2 Å². The molecule has 0 saturated carbocycles. The lowest BCUT2D eigenvalue weighted by atomic mass is 9.75. The fourth-order valence-electron chi connectivity index (χ4n) is 9.53. The number of carbonyl (C=O) groups excluding carboxylic acids is 4. The lowest BCUT2D eigenvalue weighted by molar-refractivity contribution is -0.139. The molecule has 0 spiro atoms. The summed E-state index contributed by atoms with van der Waals surface area (Å²) >= 11 is 0. The molecule has 5 aromatic rings. The number of nitrogens with zero attached hydrogens (tertiary/aromatic N) is 4. The van der Waals surface area contributed by atoms with E-state index in [9.17, 15) is 19.2 Å². The van der Waals surface area contributed by atoms with Crippen molar-refractivity contribution in [3.8, 4) is 28.1 Å². The van der Waals surface area contributed by atoms with E-state index in [2.05, 4.69) is 63.9 Å². The van der Waals surface area contributed by atoms with Crippen molar-refractivity contribution in [2.45, 2.75) is 138 Å². The van der Waals surface area contributed by atoms with Crippen LogP contribution in [0.2, 0.25) is 0 Å². The van der Waals surface area contributed by atoms with Gasteiger partial charge in [0.2, 0.25) is 11.8 Å². The van der Waals surface area contributed by atoms with Crippen molar-refractivity contribution in [3.63, 3.8) is 0 Å². The molecule has 0 radical (unpaired) electrons. The molecule has 16 heteroatoms. The average molecular weight is 937 g/mol. The van der Waals surface area contributed by atoms with Crippen molar-refractivity contribution in [2.75, 3.05) is 34.0 Å². The molecule has 1 unspecified atom stereocenters. The molecule has 16 nitrogen and oxygen atoms in total. The largest absolute Gasteiger partial charge is 0.488 e. The van der Waals surface area contributed by atoms with Gasteiger partial charge in [0.15, 0.2) is 0 Å². The molecule has 4 N–H and O–H groups in total. The first-order valence-electron chi connectivity index (χ1n) is 24.5. The lowest BCUT2D eigenvalue weighted by Crippen LogP contribution is -2.57. The van der Waals surface area contributed by atoms with Gasteiger partial charge in [0.05, 0.1) is 49.7 Å². The van der Waals surface area contributed by atoms with Gasteiger partial charge in [-0.3, -0.25) is 9.59 Å². The first-order chi connectivity index (χ1) is 32.8. The monoisotopic (exact) mass is 937 g/mol. The Balaban J connectivity index is 0.00000185. The van der Waals surface area contributed by atoms with E-state index in [1.807, 2.05) is 72.6 Å². The third-order valence-corrected chi connectivity index (χ3v) is 13.4. The van der Waals surface area contributed by atoms with E-state index in [4.69, 9.17) is 28.9 Å². The summed E-state index contributed by atoms with van der Waals surface area (Å²) in [6.07, 6.45) is 5.08. The molecule has 368 valence electrons. The minimum Gasteiger partial charge on any atom is -0.488 e. The molecule has 5 heterocycles. The van der Waals surface area contributed by atoms with Crippen LogP contribution in [0.25, 0.3) is 44.2 Å². The number of hydrogen-bond acceptors (Lipinski definition) is 10. The zero-order valence-corrected chi connectivity index (χ0v) is 41.8. The molecule has 68 heavy (non-hydrogen) atoms. The van der Waals surface area contributed by atoms with E-state index < -0.39 is 29.7 Å². The number of ether oxygens (including phenoxy) is 4. The summed E-state index contributed by atoms with van der Waals surface area (Å²) in [6, 6.07) is 12.8. The Labute approximate surface area is 400 Å². The topological polar surface area (TPSA) is 193 Å². The van der Waals surface area contributed by atoms with Crippen molar-refractivity contribution in [2.24, 2.45) is 11.3 Å². The number of rotatable bonds is 13. The molecule has 0 aliphatic carbocycles. The van der Waals surface area contributed by atoms with E-state index in [0.29, 0.717) is 50.9 Å². The first-order valence-corrected chi connectivity index (χ1v) is 24.5. The second-order valence-electron chi connectivity index (χ2n) is 18.1. The summed E-state index contributed by atoms with van der Waals surface area (Å²) in [6.45, 7) is 20.1. The van der Waals surface area contributed by atoms with Crippen molar-refractivity contribution >= 4 is 45.8 Å². The summed E-state index contributed by atoms with van der Waals surface area (Å²) in [5, 5.41) is 7.53. The summed E-state index contributed by atoms with van der Waals surface area (Å²) < 4.78 is 21.8. The van der Waals surface area contributed by atoms with Crippen LogP contribution in [0, 0.1) is 11.3 Å². The maximum absolute atomic E-state index is 14.4. The standard InChI is InChI=1S/C48H60N8O8.2C2H6/c1-8-9-18-55(45(58)42(54-47(60)62-7)48(5)16-19-63-20-17-48)25-39-50-35-14-12-29-22-34-32-13-11-30(21-31(32)26-64-38(34)23-33(29)41(35)52-39)36-24-49-43(51-36)37-15-10-28(4)56(37)44(57)40(27(2)3)53-46(59)61-6;2*1-2/h11-14,21-24,27-28,37,40,42H,8-10,15-20,25-26H2,1-7H3,(H,49,51)(H,50,52)(H,53,59)(H,54,60);2*1-2H3/t28-,37-,40?,42+;;/m0../s1. The Kier molecular flexibility index (Phi) is 17.1. The van der Waals surface area contributed by atoms with Crippen LogP contribution in [0.15, 0.2) is 48.7 Å². The average Bonchev–Trinajstić information content (AvgIpc) is 4.12. The molecular weight excluding hydrogens is 865 g/mol. The molecule has 2 saturated heterocycles. The van der Waals surface area contributed by atoms with Crippen LogP contribution < -0.4 is 15.4 Å². The number of carbonyl (C=O) groups is 4. The molecule has 3 aliphatic rings. The van der Waals surface area contributed by atoms with Crippen LogP contribution in [0.3, 0.4) is 0 Å². The van der Waals surface area contributed by atoms with Crippen molar-refractivity contribution in [1.82, 2.24) is 40.4 Å². The highest BCUT2D eigenvalue weighted by atomic mass is 16.5. The number of unbranched alkanes of at least 4 members (excludes halogenated alkanes) is 1. The highest BCUT2D eigenvalue weighted by molar-refractivity contribution is 6.07. The minimum absolute atomic E-state index is 0.0195. The van der Waals surface area contributed by atoms with E-state index in [0.717, 1.165) is 81.2 Å². The number of aromatic amines is 2. The maximum atomic E-state index is 14.4. The smallest absolute Gasteiger partial charge is 0.407 e. The van der Waals surface area contributed by atoms with E-state index in [1.165, 1.54) is 14.2 Å². The maximum Gasteiger partial charge on any atom is 0.407 e. The molecule has 4 atom stereocenters. The van der Waals surface area contributed by atoms with Crippen LogP contribution in [0.1, 0.15) is 124 Å². The van der Waals surface area contributed by atoms with Gasteiger partial charge in [-0.05, 0) is 91.3 Å². The number of fused-ring (bicyclic) bond motifs is 6. The number of benzene rings is 3. The van der Waals surface area contributed by atoms with Gasteiger partial charge in [-0.15, -0.1) is 0 Å². The number of alkyl carbamates (subject to hydrolysis) is 2. The van der Waals surface area contributed by atoms with Gasteiger partial charge < -0.3 is 49.3 Å². The third kappa shape index (κ3) is 10.7. The number of methoxy groups -OCH3 is 2. The van der Waals surface area contributed by atoms with Crippen LogP contribution in [-0.2, 0) is 37.0 Å². The molecule has 3 aliphatic heterocycles. The molecule has 2 fully saturated rings. The Morgan fingerprint density at radius 2 is 1.66 bits per heavy atom. The highest BCUT2D eigenvalue weighted by Crippen LogP contribution is 2.43. The summed E-state index contributed by atoms with van der Waals surface area (Å²) in [5.74, 6) is 1.66. The van der Waals surface area contributed by atoms with E-state index in [-0.39, 0.29) is 36.4 Å². The molecule has 2 aromatic heterocycles. The normalized spacial score (nSPS) is 17.9. The Bertz CT molecular complexity index is 2540. The molecule has 8 rings (SSSR count). The summed E-state index contributed by atoms with van der Waals surface area (Å²) in [5.41, 5.74) is 6.02. The fraction of sp³-hybridized carbons (Fsp3) is 0.538. The van der Waals surface area contributed by atoms with Gasteiger partial charge in [0, 0.05) is 42.2 Å². The molecule has 3 aromatic carbocycles. The van der Waals surface area contributed by atoms with Crippen molar-refractivity contribution < 1.29 is 38.1 Å². The fourth-order valence-corrected chi connectivity index (χ4v) is 9.53. The summed E-state index contributed by atoms with van der Waals surface area (Å²) in [4.78, 5) is 73.4. The number of amides is 4. The molecular formula is C52H72N8O8. The second-order valence-corrected chi connectivity index (χ2v) is 18.1. The van der Waals surface area contributed by atoms with Crippen LogP contribution >= 0.6 is 0 Å². The number of H-pyrrole nitrogens is 2. The minimum atomic E-state index is -0.781. The zero-order chi connectivity index (χ0) is 49.3. The molecule has 0 bridgehead atoms. The Morgan fingerprint density at radius 1 is 0.941 bits per heavy atom. The third-order valence-electron chi connectivity index (χ3n) is 13.4. The number of nitrogens with one attached hydrogen (secondary N) is 4. The Morgan fingerprint density at radius 3 is 2.35 bits per heavy atom. The van der Waals surface area contributed by atoms with Gasteiger partial charge in [-0.25, -0.2) is 19.6 Å². The number of imidazole rings is 2. The van der Waals surface area contributed by atoms with E-state index >= 15 is 0 Å². The number of aromatic nitrogens is 4. The second kappa shape index (κ2) is 22.8. The van der Waals surface area contributed by atoms with Crippen LogP contribution in [-0.4, -0.2) is 106 Å². The predicted molar refractivity (Wildman–Crippen MR) is 264 cm³/mol. The predicted octanol–water partition coefficient (Wildman–Crippen LogP) is 9.82. The van der Waals surface area contributed by atoms with Crippen LogP contribution in [0.4, 0.5) is 9.59 Å². The quantitative estimate of drug-likeness (QED) is 0.0883. The first kappa shape index (κ1) is 51.2. The molecule has 4 amide bonds. The van der Waals surface area contributed by atoms with Crippen molar-refractivity contribution in [3.05, 3.63) is 65.9 Å². The van der Waals surface area contributed by atoms with Gasteiger partial charge in [0.1, 0.15) is 36.1 Å². The SMILES string of the molecule is CC.CC.CCCCN(Cc1nc2c(ccc3cc4c(cc32)OCc2cc(-c3cnc([C@@H]5CC[C@H](C)N5C(=O)C(NC(=O)OC)C(C)C)[nH]3)ccc2-4)[nH]1)C(=O)[C@@H](NC(=O)OC)C1(C)CCOCC1. The van der Waals surface area contributed by atoms with Gasteiger partial charge in [-0.2, -0.15) is 0 Å². The van der Waals surface area contributed by atoms with E-state index in [1.54, 1.807) is 4.90 Å². The summed E-state index contributed by atoms with van der Waals surface area (Å²) in [7, 11) is 2.60. The highest BCUT2D eigenvalue weighted by Gasteiger charge is 2.44. The number of hydrogen-bond donors (Lipinski definition) is 4. The van der Waals surface area contributed by atoms with Crippen molar-refractivity contribution in [1.29, 1.82) is 0 Å². The number of likely N-dealkylation sites (tertiary alicyclic amines) is 1. The van der Waals surface area contributed by atoms with Gasteiger partial charge in [0.25, 0.3) is 0 Å².